The van der Waals surface area contributed by atoms with Crippen LogP contribution in [0.3, 0.4) is 0 Å². The molecule has 5 rings (SSSR count). The molecule has 2 aromatic rings. The van der Waals surface area contributed by atoms with Crippen molar-refractivity contribution in [3.05, 3.63) is 34.9 Å². The predicted molar refractivity (Wildman–Crippen MR) is 120 cm³/mol. The summed E-state index contributed by atoms with van der Waals surface area (Å²) in [7, 11) is -1.91. The zero-order valence-corrected chi connectivity index (χ0v) is 20.6. The quantitative estimate of drug-likeness (QED) is 0.560. The Morgan fingerprint density at radius 2 is 1.91 bits per heavy atom. The van der Waals surface area contributed by atoms with Crippen molar-refractivity contribution in [1.82, 2.24) is 24.3 Å². The predicted octanol–water partition coefficient (Wildman–Crippen LogP) is 3.13. The summed E-state index contributed by atoms with van der Waals surface area (Å²) < 4.78 is 23.6. The lowest BCUT2D eigenvalue weighted by atomic mass is 9.88. The zero-order chi connectivity index (χ0) is 22.7. The van der Waals surface area contributed by atoms with Crippen LogP contribution in [0.4, 0.5) is 0 Å². The van der Waals surface area contributed by atoms with E-state index in [0.717, 1.165) is 43.0 Å². The van der Waals surface area contributed by atoms with Crippen molar-refractivity contribution in [2.45, 2.75) is 102 Å². The van der Waals surface area contributed by atoms with E-state index < -0.39 is 20.1 Å². The van der Waals surface area contributed by atoms with Crippen molar-refractivity contribution in [2.24, 2.45) is 0 Å². The molecule has 2 bridgehead atoms. The van der Waals surface area contributed by atoms with Gasteiger partial charge >= 0.3 is 5.69 Å². The van der Waals surface area contributed by atoms with Gasteiger partial charge in [-0.05, 0) is 44.3 Å². The SMILES string of the molecule is CC[C@@]12O[C@@H](n3cc(C)c(-n4cncn4)nc3=O)[C@@H](OC13CC3)C2O[Si](CC)(CC)CC. The molecule has 32 heavy (non-hydrogen) atoms. The summed E-state index contributed by atoms with van der Waals surface area (Å²) in [5.74, 6) is 0.471. The molecule has 0 radical (unpaired) electrons. The molecule has 1 spiro atoms. The van der Waals surface area contributed by atoms with Gasteiger partial charge in [0.1, 0.15) is 36.1 Å². The Hall–Kier alpha value is -1.88. The Balaban J connectivity index is 1.54. The summed E-state index contributed by atoms with van der Waals surface area (Å²) in [5, 5.41) is 4.11. The third-order valence-electron chi connectivity index (χ3n) is 8.06. The Labute approximate surface area is 189 Å². The van der Waals surface area contributed by atoms with Gasteiger partial charge in [-0.25, -0.2) is 14.5 Å². The number of nitrogens with zero attached hydrogens (tertiary/aromatic N) is 5. The van der Waals surface area contributed by atoms with Crippen molar-refractivity contribution >= 4 is 8.32 Å². The lowest BCUT2D eigenvalue weighted by Crippen LogP contribution is -2.53. The van der Waals surface area contributed by atoms with E-state index in [1.54, 1.807) is 10.8 Å². The zero-order valence-electron chi connectivity index (χ0n) is 19.6. The third-order valence-corrected chi connectivity index (χ3v) is 12.7. The molecule has 4 atom stereocenters. The van der Waals surface area contributed by atoms with Crippen LogP contribution in [-0.4, -0.2) is 56.0 Å². The van der Waals surface area contributed by atoms with Gasteiger partial charge in [0.15, 0.2) is 20.4 Å². The molecule has 2 aromatic heterocycles. The van der Waals surface area contributed by atoms with E-state index in [1.165, 1.54) is 17.3 Å². The van der Waals surface area contributed by atoms with Crippen LogP contribution in [0.5, 0.6) is 0 Å². The molecule has 0 aromatic carbocycles. The monoisotopic (exact) mass is 459 g/mol. The maximum Gasteiger partial charge on any atom is 0.351 e. The smallest absolute Gasteiger partial charge is 0.351 e. The van der Waals surface area contributed by atoms with Gasteiger partial charge in [0.25, 0.3) is 0 Å². The first-order valence-corrected chi connectivity index (χ1v) is 14.4. The minimum Gasteiger partial charge on any atom is -0.408 e. The molecule has 10 heteroatoms. The van der Waals surface area contributed by atoms with Gasteiger partial charge in [-0.1, -0.05) is 27.7 Å². The van der Waals surface area contributed by atoms with E-state index in [9.17, 15) is 4.79 Å². The molecule has 174 valence electrons. The molecular formula is C22H33N5O4Si. The number of rotatable bonds is 8. The molecule has 2 aliphatic heterocycles. The van der Waals surface area contributed by atoms with Crippen LogP contribution in [-0.2, 0) is 13.9 Å². The Morgan fingerprint density at radius 3 is 2.47 bits per heavy atom. The highest BCUT2D eigenvalue weighted by Crippen LogP contribution is 2.66. The highest BCUT2D eigenvalue weighted by molar-refractivity contribution is 6.73. The van der Waals surface area contributed by atoms with E-state index in [2.05, 4.69) is 42.8 Å². The first-order valence-electron chi connectivity index (χ1n) is 11.9. The van der Waals surface area contributed by atoms with Gasteiger partial charge in [-0.2, -0.15) is 10.1 Å². The van der Waals surface area contributed by atoms with E-state index in [0.29, 0.717) is 5.82 Å². The highest BCUT2D eigenvalue weighted by atomic mass is 28.4. The van der Waals surface area contributed by atoms with Crippen molar-refractivity contribution in [3.63, 3.8) is 0 Å². The van der Waals surface area contributed by atoms with Gasteiger partial charge < -0.3 is 13.9 Å². The average Bonchev–Trinajstić information content (AvgIpc) is 3.17. The van der Waals surface area contributed by atoms with Crippen LogP contribution >= 0.6 is 0 Å². The number of fused-ring (bicyclic) bond motifs is 3. The third kappa shape index (κ3) is 2.92. The fraction of sp³-hybridized carbons (Fsp3) is 0.727. The van der Waals surface area contributed by atoms with Crippen LogP contribution in [0.15, 0.2) is 23.6 Å². The molecule has 0 amide bonds. The Morgan fingerprint density at radius 1 is 1.19 bits per heavy atom. The van der Waals surface area contributed by atoms with E-state index in [-0.39, 0.29) is 23.5 Å². The molecular weight excluding hydrogens is 426 g/mol. The van der Waals surface area contributed by atoms with E-state index in [4.69, 9.17) is 13.9 Å². The highest BCUT2D eigenvalue weighted by Gasteiger charge is 2.78. The first-order chi connectivity index (χ1) is 15.4. The van der Waals surface area contributed by atoms with Crippen LogP contribution < -0.4 is 5.69 Å². The Kier molecular flexibility index (Phi) is 5.19. The topological polar surface area (TPSA) is 93.3 Å². The number of aromatic nitrogens is 5. The standard InChI is InChI=1S/C22H33N5O4Si/c1-6-22-17(31-32(7-2,8-3)9-4)16(29-21(22)10-11-21)19(30-22)26-12-15(5)18(25-20(26)28)27-14-23-13-24-27/h12-14,16-17,19H,6-11H2,1-5H3/t16-,17?,19+,22-/m0/s1. The number of ether oxygens (including phenoxy) is 2. The summed E-state index contributed by atoms with van der Waals surface area (Å²) in [4.78, 5) is 21.4. The minimum absolute atomic E-state index is 0.159. The molecule has 2 saturated heterocycles. The van der Waals surface area contributed by atoms with Crippen molar-refractivity contribution in [1.29, 1.82) is 0 Å². The molecule has 1 saturated carbocycles. The second kappa shape index (κ2) is 7.58. The van der Waals surface area contributed by atoms with Crippen molar-refractivity contribution < 1.29 is 13.9 Å². The summed E-state index contributed by atoms with van der Waals surface area (Å²) in [5.41, 5.74) is -0.361. The molecule has 1 unspecified atom stereocenters. The fourth-order valence-corrected chi connectivity index (χ4v) is 8.67. The lowest BCUT2D eigenvalue weighted by Gasteiger charge is -2.40. The molecule has 9 nitrogen and oxygen atoms in total. The number of aryl methyl sites for hydroxylation is 1. The summed E-state index contributed by atoms with van der Waals surface area (Å²) in [6.45, 7) is 10.8. The number of hydrogen-bond acceptors (Lipinski definition) is 7. The summed E-state index contributed by atoms with van der Waals surface area (Å²) in [6, 6.07) is 3.19. The second-order valence-corrected chi connectivity index (χ2v) is 14.1. The fourth-order valence-electron chi connectivity index (χ4n) is 5.81. The van der Waals surface area contributed by atoms with E-state index >= 15 is 0 Å². The second-order valence-electron chi connectivity index (χ2n) is 9.39. The minimum atomic E-state index is -1.91. The van der Waals surface area contributed by atoms with Gasteiger partial charge in [-0.15, -0.1) is 0 Å². The van der Waals surface area contributed by atoms with Crippen molar-refractivity contribution in [2.75, 3.05) is 0 Å². The maximum atomic E-state index is 13.1. The van der Waals surface area contributed by atoms with Crippen LogP contribution in [0.1, 0.15) is 58.7 Å². The molecule has 0 N–H and O–H groups in total. The van der Waals surface area contributed by atoms with Gasteiger partial charge in [0.05, 0.1) is 0 Å². The molecule has 1 aliphatic carbocycles. The first kappa shape index (κ1) is 21.9. The van der Waals surface area contributed by atoms with Crippen molar-refractivity contribution in [3.8, 4) is 5.82 Å². The average molecular weight is 460 g/mol. The Bertz CT molecular complexity index is 1040. The molecule has 3 fully saturated rings. The van der Waals surface area contributed by atoms with Crippen LogP contribution in [0.2, 0.25) is 18.1 Å². The molecule has 4 heterocycles. The van der Waals surface area contributed by atoms with Gasteiger partial charge in [0, 0.05) is 11.8 Å². The number of hydrogen-bond donors (Lipinski definition) is 0. The molecule has 3 aliphatic rings. The lowest BCUT2D eigenvalue weighted by molar-refractivity contribution is -0.225. The summed E-state index contributed by atoms with van der Waals surface area (Å²) in [6.07, 6.45) is 6.50. The van der Waals surface area contributed by atoms with Gasteiger partial charge in [-0.3, -0.25) is 4.57 Å². The normalized spacial score (nSPS) is 30.3. The van der Waals surface area contributed by atoms with Gasteiger partial charge in [0.2, 0.25) is 0 Å². The maximum absolute atomic E-state index is 13.1. The summed E-state index contributed by atoms with van der Waals surface area (Å²) >= 11 is 0. The largest absolute Gasteiger partial charge is 0.408 e. The van der Waals surface area contributed by atoms with Crippen LogP contribution in [0, 0.1) is 6.92 Å². The van der Waals surface area contributed by atoms with Crippen LogP contribution in [0.25, 0.3) is 5.82 Å². The van der Waals surface area contributed by atoms with E-state index in [1.807, 2.05) is 6.92 Å².